The van der Waals surface area contributed by atoms with Crippen LogP contribution in [0, 0.1) is 5.92 Å². The average molecular weight is 511 g/mol. The van der Waals surface area contributed by atoms with E-state index < -0.39 is 11.9 Å². The highest BCUT2D eigenvalue weighted by Crippen LogP contribution is 2.26. The lowest BCUT2D eigenvalue weighted by Crippen LogP contribution is -2.20. The minimum Gasteiger partial charge on any atom is -0.481 e. The number of carbonyl (C=O) groups excluding carboxylic acids is 1. The molecule has 2 aromatic heterocycles. The standard InChI is InChI=1S/C31H34N4O3/c1-20(2)35-19-26(18-34-35)28(36)15-24(30(37)38)14-21-6-8-23(9-7-21)29-32-16-25(17-33-29)22-10-12-27(13-11-22)31(3,4)5/h6-13,16-20,24H,14-15H2,1-5H3,(H,37,38)/t24-/m1/s1. The Bertz CT molecular complexity index is 1400. The highest BCUT2D eigenvalue weighted by Gasteiger charge is 2.23. The van der Waals surface area contributed by atoms with E-state index in [0.29, 0.717) is 11.4 Å². The third-order valence-electron chi connectivity index (χ3n) is 6.66. The first-order valence-corrected chi connectivity index (χ1v) is 12.8. The largest absolute Gasteiger partial charge is 0.481 e. The summed E-state index contributed by atoms with van der Waals surface area (Å²) in [5.41, 5.74) is 5.49. The number of aromatic nitrogens is 4. The third kappa shape index (κ3) is 6.40. The minimum absolute atomic E-state index is 0.0812. The van der Waals surface area contributed by atoms with E-state index in [1.54, 1.807) is 10.9 Å². The van der Waals surface area contributed by atoms with Crippen LogP contribution in [0.25, 0.3) is 22.5 Å². The zero-order valence-corrected chi connectivity index (χ0v) is 22.5. The van der Waals surface area contributed by atoms with Gasteiger partial charge < -0.3 is 5.11 Å². The van der Waals surface area contributed by atoms with Crippen molar-refractivity contribution in [3.8, 4) is 22.5 Å². The van der Waals surface area contributed by atoms with E-state index >= 15 is 0 Å². The first kappa shape index (κ1) is 26.9. The van der Waals surface area contributed by atoms with Gasteiger partial charge in [0.15, 0.2) is 11.6 Å². The van der Waals surface area contributed by atoms with Gasteiger partial charge in [-0.05, 0) is 42.4 Å². The number of Topliss-reactive ketones (excluding diaryl/α,β-unsaturated/α-hetero) is 1. The summed E-state index contributed by atoms with van der Waals surface area (Å²) in [6, 6.07) is 16.1. The summed E-state index contributed by atoms with van der Waals surface area (Å²) in [5, 5.41) is 13.9. The van der Waals surface area contributed by atoms with Crippen LogP contribution in [0.3, 0.4) is 0 Å². The molecule has 196 valence electrons. The maximum Gasteiger partial charge on any atom is 0.307 e. The molecule has 0 aliphatic heterocycles. The molecule has 38 heavy (non-hydrogen) atoms. The van der Waals surface area contributed by atoms with Crippen molar-refractivity contribution < 1.29 is 14.7 Å². The van der Waals surface area contributed by atoms with Crippen molar-refractivity contribution in [3.63, 3.8) is 0 Å². The Labute approximate surface area is 223 Å². The van der Waals surface area contributed by atoms with Crippen LogP contribution in [-0.4, -0.2) is 36.6 Å². The molecule has 4 rings (SSSR count). The molecule has 0 saturated heterocycles. The summed E-state index contributed by atoms with van der Waals surface area (Å²) in [6.07, 6.45) is 6.98. The number of carboxylic acids is 1. The molecular formula is C31H34N4O3. The van der Waals surface area contributed by atoms with Crippen LogP contribution in [0.4, 0.5) is 0 Å². The van der Waals surface area contributed by atoms with Crippen molar-refractivity contribution in [1.82, 2.24) is 19.7 Å². The van der Waals surface area contributed by atoms with Gasteiger partial charge in [-0.15, -0.1) is 0 Å². The fraction of sp³-hybridized carbons (Fsp3) is 0.323. The summed E-state index contributed by atoms with van der Waals surface area (Å²) in [7, 11) is 0. The minimum atomic E-state index is -0.992. The number of hydrogen-bond acceptors (Lipinski definition) is 5. The molecule has 1 atom stereocenters. The van der Waals surface area contributed by atoms with Crippen molar-refractivity contribution in [2.45, 2.75) is 58.9 Å². The van der Waals surface area contributed by atoms with Crippen LogP contribution >= 0.6 is 0 Å². The number of aliphatic carboxylic acids is 1. The molecule has 0 unspecified atom stereocenters. The van der Waals surface area contributed by atoms with E-state index in [1.807, 2.05) is 50.5 Å². The van der Waals surface area contributed by atoms with Gasteiger partial charge in [-0.1, -0.05) is 69.3 Å². The maximum atomic E-state index is 12.7. The molecule has 1 N–H and O–H groups in total. The van der Waals surface area contributed by atoms with Gasteiger partial charge in [0.2, 0.25) is 0 Å². The number of carboxylic acid groups (broad SMARTS) is 1. The van der Waals surface area contributed by atoms with Crippen LogP contribution in [0.5, 0.6) is 0 Å². The molecule has 0 aliphatic carbocycles. The van der Waals surface area contributed by atoms with Gasteiger partial charge in [-0.3, -0.25) is 14.3 Å². The zero-order valence-electron chi connectivity index (χ0n) is 22.5. The summed E-state index contributed by atoms with van der Waals surface area (Å²) in [5.74, 6) is -1.44. The molecule has 7 nitrogen and oxygen atoms in total. The van der Waals surface area contributed by atoms with Crippen LogP contribution < -0.4 is 0 Å². The number of hydrogen-bond donors (Lipinski definition) is 1. The van der Waals surface area contributed by atoms with E-state index in [1.165, 1.54) is 11.8 Å². The summed E-state index contributed by atoms with van der Waals surface area (Å²) >= 11 is 0. The van der Waals surface area contributed by atoms with Crippen molar-refractivity contribution >= 4 is 11.8 Å². The number of nitrogens with zero attached hydrogens (tertiary/aromatic N) is 4. The Morgan fingerprint density at radius 1 is 0.868 bits per heavy atom. The molecule has 0 amide bonds. The second kappa shape index (κ2) is 11.1. The van der Waals surface area contributed by atoms with E-state index in [9.17, 15) is 14.7 Å². The number of benzene rings is 2. The first-order valence-electron chi connectivity index (χ1n) is 12.8. The number of carbonyl (C=O) groups is 2. The maximum absolute atomic E-state index is 12.7. The second-order valence-corrected chi connectivity index (χ2v) is 11.0. The van der Waals surface area contributed by atoms with Gasteiger partial charge in [0, 0.05) is 42.2 Å². The lowest BCUT2D eigenvalue weighted by molar-refractivity contribution is -0.141. The van der Waals surface area contributed by atoms with Gasteiger partial charge >= 0.3 is 5.97 Å². The summed E-state index contributed by atoms with van der Waals surface area (Å²) in [6.45, 7) is 10.5. The van der Waals surface area contributed by atoms with Crippen molar-refractivity contribution in [1.29, 1.82) is 0 Å². The lowest BCUT2D eigenvalue weighted by Gasteiger charge is -2.19. The molecule has 0 fully saturated rings. The molecular weight excluding hydrogens is 476 g/mol. The van der Waals surface area contributed by atoms with Gasteiger partial charge in [0.25, 0.3) is 0 Å². The molecule has 0 saturated carbocycles. The molecule has 2 heterocycles. The molecule has 0 bridgehead atoms. The van der Waals surface area contributed by atoms with Gasteiger partial charge in [0.05, 0.1) is 17.7 Å². The molecule has 7 heteroatoms. The molecule has 0 radical (unpaired) electrons. The van der Waals surface area contributed by atoms with Gasteiger partial charge in [0.1, 0.15) is 0 Å². The van der Waals surface area contributed by atoms with Gasteiger partial charge in [-0.25, -0.2) is 9.97 Å². The molecule has 2 aromatic carbocycles. The fourth-order valence-corrected chi connectivity index (χ4v) is 4.22. The number of ketones is 1. The monoisotopic (exact) mass is 510 g/mol. The van der Waals surface area contributed by atoms with E-state index in [0.717, 1.165) is 22.3 Å². The highest BCUT2D eigenvalue weighted by atomic mass is 16.4. The Hall–Kier alpha value is -4.13. The average Bonchev–Trinajstić information content (AvgIpc) is 3.40. The Kier molecular flexibility index (Phi) is 7.86. The van der Waals surface area contributed by atoms with E-state index in [4.69, 9.17) is 0 Å². The predicted octanol–water partition coefficient (Wildman–Crippen LogP) is 6.40. The fourth-order valence-electron chi connectivity index (χ4n) is 4.22. The zero-order chi connectivity index (χ0) is 27.4. The SMILES string of the molecule is CC(C)n1cc(C(=O)C[C@@H](Cc2ccc(-c3ncc(-c4ccc(C(C)(C)C)cc4)cn3)cc2)C(=O)O)cn1. The Morgan fingerprint density at radius 2 is 1.47 bits per heavy atom. The Morgan fingerprint density at radius 3 is 2.00 bits per heavy atom. The van der Waals surface area contributed by atoms with Crippen LogP contribution in [0.1, 0.15) is 68.6 Å². The van der Waals surface area contributed by atoms with Gasteiger partial charge in [-0.2, -0.15) is 5.10 Å². The van der Waals surface area contributed by atoms with E-state index in [-0.39, 0.29) is 30.1 Å². The van der Waals surface area contributed by atoms with Crippen LogP contribution in [0.2, 0.25) is 0 Å². The quantitative estimate of drug-likeness (QED) is 0.262. The molecule has 4 aromatic rings. The topological polar surface area (TPSA) is 98.0 Å². The molecule has 0 aliphatic rings. The van der Waals surface area contributed by atoms with E-state index in [2.05, 4.69) is 60.1 Å². The molecule has 0 spiro atoms. The third-order valence-corrected chi connectivity index (χ3v) is 6.66. The first-order chi connectivity index (χ1) is 18.0. The van der Waals surface area contributed by atoms with Crippen LogP contribution in [0.15, 0.2) is 73.3 Å². The van der Waals surface area contributed by atoms with Crippen LogP contribution in [-0.2, 0) is 16.6 Å². The Balaban J connectivity index is 1.42. The predicted molar refractivity (Wildman–Crippen MR) is 148 cm³/mol. The van der Waals surface area contributed by atoms with Crippen molar-refractivity contribution in [2.75, 3.05) is 0 Å². The summed E-state index contributed by atoms with van der Waals surface area (Å²) in [4.78, 5) is 33.7. The highest BCUT2D eigenvalue weighted by molar-refractivity contribution is 5.97. The normalized spacial score (nSPS) is 12.5. The summed E-state index contributed by atoms with van der Waals surface area (Å²) < 4.78 is 1.69. The second-order valence-electron chi connectivity index (χ2n) is 11.0. The van der Waals surface area contributed by atoms with Crippen molar-refractivity contribution in [2.24, 2.45) is 5.92 Å². The smallest absolute Gasteiger partial charge is 0.307 e. The number of rotatable bonds is 9. The van der Waals surface area contributed by atoms with Crippen molar-refractivity contribution in [3.05, 3.63) is 90.0 Å². The lowest BCUT2D eigenvalue weighted by atomic mass is 9.86.